The SMILES string of the molecule is CCC1OCC(n2cc(F)c(N)nc2=O)S1.Nc1nc(=O)n(C2COC(CO)S2)cc1F. The Balaban J connectivity index is 0.000000181. The van der Waals surface area contributed by atoms with Gasteiger partial charge in [-0.25, -0.2) is 18.4 Å². The van der Waals surface area contributed by atoms with E-state index in [1.165, 1.54) is 28.1 Å². The van der Waals surface area contributed by atoms with Crippen molar-refractivity contribution in [2.75, 3.05) is 31.3 Å². The fourth-order valence-corrected chi connectivity index (χ4v) is 4.99. The summed E-state index contributed by atoms with van der Waals surface area (Å²) in [6, 6.07) is 0. The van der Waals surface area contributed by atoms with E-state index in [0.717, 1.165) is 23.4 Å². The molecule has 4 unspecified atom stereocenters. The van der Waals surface area contributed by atoms with Gasteiger partial charge in [-0.1, -0.05) is 6.92 Å². The zero-order valence-corrected chi connectivity index (χ0v) is 18.5. The fraction of sp³-hybridized carbons (Fsp3) is 0.529. The average Bonchev–Trinajstić information content (AvgIpc) is 3.43. The van der Waals surface area contributed by atoms with Gasteiger partial charge in [0.25, 0.3) is 0 Å². The summed E-state index contributed by atoms with van der Waals surface area (Å²) in [6.07, 6.45) is 2.94. The summed E-state index contributed by atoms with van der Waals surface area (Å²) in [7, 11) is 0. The van der Waals surface area contributed by atoms with E-state index in [1.807, 2.05) is 6.92 Å². The number of thioether (sulfide) groups is 2. The summed E-state index contributed by atoms with van der Waals surface area (Å²) in [6.45, 7) is 2.44. The first-order chi connectivity index (χ1) is 15.2. The Morgan fingerprint density at radius 2 is 1.44 bits per heavy atom. The van der Waals surface area contributed by atoms with Gasteiger partial charge in [-0.15, -0.1) is 23.5 Å². The number of halogens is 2. The second-order valence-corrected chi connectivity index (χ2v) is 9.31. The summed E-state index contributed by atoms with van der Waals surface area (Å²) < 4.78 is 39.3. The van der Waals surface area contributed by atoms with E-state index >= 15 is 0 Å². The minimum absolute atomic E-state index is 0.0533. The van der Waals surface area contributed by atoms with Gasteiger partial charge in [0, 0.05) is 12.4 Å². The number of aliphatic hydroxyl groups is 1. The molecule has 0 saturated carbocycles. The number of nitrogen functional groups attached to an aromatic ring is 2. The number of rotatable bonds is 4. The molecule has 0 amide bonds. The number of aliphatic hydroxyl groups excluding tert-OH is 1. The van der Waals surface area contributed by atoms with Crippen molar-refractivity contribution < 1.29 is 23.4 Å². The molecule has 2 fully saturated rings. The van der Waals surface area contributed by atoms with E-state index in [9.17, 15) is 18.4 Å². The molecule has 0 radical (unpaired) electrons. The van der Waals surface area contributed by atoms with Gasteiger partial charge in [0.05, 0.1) is 19.8 Å². The van der Waals surface area contributed by atoms with Gasteiger partial charge < -0.3 is 26.0 Å². The van der Waals surface area contributed by atoms with Crippen LogP contribution in [0, 0.1) is 11.6 Å². The van der Waals surface area contributed by atoms with Crippen LogP contribution in [0.3, 0.4) is 0 Å². The highest BCUT2D eigenvalue weighted by Gasteiger charge is 2.29. The number of hydrogen-bond acceptors (Lipinski definition) is 11. The number of hydrogen-bond donors (Lipinski definition) is 3. The van der Waals surface area contributed by atoms with Crippen molar-refractivity contribution in [3.63, 3.8) is 0 Å². The smallest absolute Gasteiger partial charge is 0.350 e. The van der Waals surface area contributed by atoms with E-state index in [2.05, 4.69) is 9.97 Å². The number of ether oxygens (including phenoxy) is 2. The van der Waals surface area contributed by atoms with Crippen LogP contribution in [0.15, 0.2) is 22.0 Å². The zero-order valence-electron chi connectivity index (χ0n) is 16.9. The maximum Gasteiger partial charge on any atom is 0.350 e. The van der Waals surface area contributed by atoms with Crippen LogP contribution in [0.4, 0.5) is 20.4 Å². The number of anilines is 2. The van der Waals surface area contributed by atoms with Crippen LogP contribution in [-0.4, -0.2) is 54.9 Å². The molecule has 0 aromatic carbocycles. The lowest BCUT2D eigenvalue weighted by molar-refractivity contribution is 0.0802. The minimum Gasteiger partial charge on any atom is -0.393 e. The summed E-state index contributed by atoms with van der Waals surface area (Å²) >= 11 is 2.72. The number of aromatic nitrogens is 4. The molecule has 5 N–H and O–H groups in total. The predicted molar refractivity (Wildman–Crippen MR) is 116 cm³/mol. The Hall–Kier alpha value is -2.20. The highest BCUT2D eigenvalue weighted by Crippen LogP contribution is 2.36. The molecule has 15 heteroatoms. The molecule has 2 aromatic heterocycles. The maximum atomic E-state index is 13.2. The average molecular weight is 493 g/mol. The van der Waals surface area contributed by atoms with Crippen molar-refractivity contribution in [3.05, 3.63) is 45.0 Å². The monoisotopic (exact) mass is 492 g/mol. The van der Waals surface area contributed by atoms with Gasteiger partial charge in [-0.2, -0.15) is 9.97 Å². The molecule has 2 aliphatic rings. The molecular weight excluding hydrogens is 470 g/mol. The summed E-state index contributed by atoms with van der Waals surface area (Å²) in [5.74, 6) is -2.20. The van der Waals surface area contributed by atoms with Crippen LogP contribution in [0.25, 0.3) is 0 Å². The molecule has 2 aromatic rings. The quantitative estimate of drug-likeness (QED) is 0.545. The second kappa shape index (κ2) is 10.6. The van der Waals surface area contributed by atoms with Crippen molar-refractivity contribution in [2.24, 2.45) is 0 Å². The topological polar surface area (TPSA) is 161 Å². The lowest BCUT2D eigenvalue weighted by atomic mass is 10.5. The van der Waals surface area contributed by atoms with E-state index in [4.69, 9.17) is 26.0 Å². The standard InChI is InChI=1S/C9H12FN3O2S.C8H10FN3O3S/c1-2-7-15-4-6(16-7)13-3-5(10)8(11)12-9(13)14;9-4-1-12(8(14)11-7(4)10)5-3-15-6(2-13)16-5/h3,6-7H,2,4H2,1H3,(H2,11,12,14);1,5-6,13H,2-3H2,(H2,10,11,14). The molecule has 0 spiro atoms. The van der Waals surface area contributed by atoms with Crippen molar-refractivity contribution in [1.82, 2.24) is 19.1 Å². The Labute approximate surface area is 189 Å². The van der Waals surface area contributed by atoms with Crippen LogP contribution in [0.1, 0.15) is 24.1 Å². The normalized spacial score (nSPS) is 24.9. The first kappa shape index (κ1) is 24.4. The zero-order chi connectivity index (χ0) is 23.4. The highest BCUT2D eigenvalue weighted by atomic mass is 32.2. The van der Waals surface area contributed by atoms with Gasteiger partial charge in [0.15, 0.2) is 23.3 Å². The Kier molecular flexibility index (Phi) is 8.10. The number of nitrogens with zero attached hydrogens (tertiary/aromatic N) is 4. The van der Waals surface area contributed by atoms with E-state index in [0.29, 0.717) is 6.61 Å². The van der Waals surface area contributed by atoms with E-state index in [1.54, 1.807) is 0 Å². The molecule has 11 nitrogen and oxygen atoms in total. The fourth-order valence-electron chi connectivity index (χ4n) is 2.82. The van der Waals surface area contributed by atoms with E-state index < -0.39 is 34.3 Å². The molecule has 4 heterocycles. The Morgan fingerprint density at radius 1 is 1.00 bits per heavy atom. The van der Waals surface area contributed by atoms with Crippen molar-refractivity contribution in [2.45, 2.75) is 35.0 Å². The lowest BCUT2D eigenvalue weighted by Crippen LogP contribution is -2.27. The molecular formula is C17H22F2N6O5S2. The largest absolute Gasteiger partial charge is 0.393 e. The maximum absolute atomic E-state index is 13.2. The molecule has 2 saturated heterocycles. The minimum atomic E-state index is -0.743. The van der Waals surface area contributed by atoms with Crippen molar-refractivity contribution in [1.29, 1.82) is 0 Å². The van der Waals surface area contributed by atoms with Crippen LogP contribution < -0.4 is 22.8 Å². The first-order valence-corrected chi connectivity index (χ1v) is 11.3. The van der Waals surface area contributed by atoms with Crippen LogP contribution >= 0.6 is 23.5 Å². The first-order valence-electron chi connectivity index (χ1n) is 9.46. The third-order valence-corrected chi connectivity index (χ3v) is 7.15. The van der Waals surface area contributed by atoms with Gasteiger partial charge in [0.1, 0.15) is 21.6 Å². The summed E-state index contributed by atoms with van der Waals surface area (Å²) in [4.78, 5) is 29.7. The van der Waals surface area contributed by atoms with Gasteiger partial charge in [-0.05, 0) is 6.42 Å². The molecule has 32 heavy (non-hydrogen) atoms. The highest BCUT2D eigenvalue weighted by molar-refractivity contribution is 8.00. The van der Waals surface area contributed by atoms with Crippen molar-refractivity contribution >= 4 is 35.2 Å². The third kappa shape index (κ3) is 5.58. The van der Waals surface area contributed by atoms with Gasteiger partial charge >= 0.3 is 11.4 Å². The van der Waals surface area contributed by atoms with Crippen LogP contribution in [-0.2, 0) is 9.47 Å². The molecule has 176 valence electrons. The van der Waals surface area contributed by atoms with Crippen LogP contribution in [0.2, 0.25) is 0 Å². The lowest BCUT2D eigenvalue weighted by Gasteiger charge is -2.11. The molecule has 2 aliphatic heterocycles. The Morgan fingerprint density at radius 3 is 1.81 bits per heavy atom. The molecule has 0 aliphatic carbocycles. The third-order valence-electron chi connectivity index (χ3n) is 4.44. The predicted octanol–water partition coefficient (Wildman–Crippen LogP) is 0.508. The van der Waals surface area contributed by atoms with E-state index in [-0.39, 0.29) is 35.2 Å². The number of nitrogens with two attached hydrogens (primary N) is 2. The molecule has 4 atom stereocenters. The molecule has 0 bridgehead atoms. The summed E-state index contributed by atoms with van der Waals surface area (Å²) in [5, 5.41) is 8.25. The van der Waals surface area contributed by atoms with Crippen molar-refractivity contribution in [3.8, 4) is 0 Å². The van der Waals surface area contributed by atoms with Crippen LogP contribution in [0.5, 0.6) is 0 Å². The Bertz CT molecular complexity index is 987. The van der Waals surface area contributed by atoms with Gasteiger partial charge in [0.2, 0.25) is 0 Å². The molecule has 4 rings (SSSR count). The van der Waals surface area contributed by atoms with Gasteiger partial charge in [-0.3, -0.25) is 9.13 Å². The second-order valence-electron chi connectivity index (χ2n) is 6.63. The summed E-state index contributed by atoms with van der Waals surface area (Å²) in [5.41, 5.74) is 8.86.